The van der Waals surface area contributed by atoms with Crippen molar-refractivity contribution in [3.63, 3.8) is 0 Å². The SMILES string of the molecule is BrC1(Br)C=CC=C1. The average molecular weight is 224 g/mol. The Balaban J connectivity index is 2.77. The zero-order chi connectivity index (χ0) is 5.33. The summed E-state index contributed by atoms with van der Waals surface area (Å²) in [4.78, 5) is 0. The fourth-order valence-corrected chi connectivity index (χ4v) is 1.03. The smallest absolute Gasteiger partial charge is 0.0639 e. The minimum absolute atomic E-state index is 0.0417. The van der Waals surface area contributed by atoms with Gasteiger partial charge in [-0.25, -0.2) is 0 Å². The highest BCUT2D eigenvalue weighted by Gasteiger charge is 2.15. The summed E-state index contributed by atoms with van der Waals surface area (Å²) < 4.78 is -0.0417. The molecule has 0 spiro atoms. The summed E-state index contributed by atoms with van der Waals surface area (Å²) >= 11 is 6.77. The number of alkyl halides is 2. The molecule has 0 saturated heterocycles. The normalized spacial score (nSPS) is 23.7. The summed E-state index contributed by atoms with van der Waals surface area (Å²) in [7, 11) is 0. The van der Waals surface area contributed by atoms with E-state index in [0.717, 1.165) is 0 Å². The summed E-state index contributed by atoms with van der Waals surface area (Å²) in [6.07, 6.45) is 8.02. The van der Waals surface area contributed by atoms with Gasteiger partial charge >= 0.3 is 0 Å². The van der Waals surface area contributed by atoms with Crippen molar-refractivity contribution in [3.8, 4) is 0 Å². The maximum absolute atomic E-state index is 3.39. The van der Waals surface area contributed by atoms with Gasteiger partial charge in [-0.1, -0.05) is 56.2 Å². The van der Waals surface area contributed by atoms with Gasteiger partial charge in [-0.15, -0.1) is 0 Å². The second-order valence-corrected chi connectivity index (χ2v) is 5.08. The lowest BCUT2D eigenvalue weighted by molar-refractivity contribution is 1.43. The molecule has 2 heteroatoms. The molecule has 0 unspecified atom stereocenters. The van der Waals surface area contributed by atoms with Crippen molar-refractivity contribution in [1.82, 2.24) is 0 Å². The molecule has 0 radical (unpaired) electrons. The van der Waals surface area contributed by atoms with Crippen molar-refractivity contribution in [2.45, 2.75) is 3.23 Å². The maximum atomic E-state index is 3.39. The van der Waals surface area contributed by atoms with Gasteiger partial charge in [0.25, 0.3) is 0 Å². The summed E-state index contributed by atoms with van der Waals surface area (Å²) in [6, 6.07) is 0. The monoisotopic (exact) mass is 222 g/mol. The van der Waals surface area contributed by atoms with Crippen LogP contribution >= 0.6 is 31.9 Å². The lowest BCUT2D eigenvalue weighted by Crippen LogP contribution is -1.95. The number of hydrogen-bond acceptors (Lipinski definition) is 0. The van der Waals surface area contributed by atoms with E-state index in [0.29, 0.717) is 0 Å². The molecule has 0 amide bonds. The van der Waals surface area contributed by atoms with Crippen molar-refractivity contribution in [3.05, 3.63) is 24.3 Å². The molecule has 0 aromatic rings. The van der Waals surface area contributed by atoms with Crippen LogP contribution in [0.5, 0.6) is 0 Å². The van der Waals surface area contributed by atoms with Gasteiger partial charge in [0.1, 0.15) is 3.23 Å². The first-order valence-corrected chi connectivity index (χ1v) is 3.54. The Hall–Kier alpha value is 0.440. The van der Waals surface area contributed by atoms with Gasteiger partial charge in [0.2, 0.25) is 0 Å². The van der Waals surface area contributed by atoms with Crippen LogP contribution in [0.4, 0.5) is 0 Å². The van der Waals surface area contributed by atoms with Crippen molar-refractivity contribution < 1.29 is 0 Å². The highest BCUT2D eigenvalue weighted by molar-refractivity contribution is 9.25. The quantitative estimate of drug-likeness (QED) is 0.554. The predicted molar refractivity (Wildman–Crippen MR) is 38.9 cm³/mol. The van der Waals surface area contributed by atoms with E-state index in [-0.39, 0.29) is 3.23 Å². The van der Waals surface area contributed by atoms with Gasteiger partial charge in [0, 0.05) is 0 Å². The number of hydrogen-bond donors (Lipinski definition) is 0. The molecule has 0 aromatic carbocycles. The van der Waals surface area contributed by atoms with Gasteiger partial charge < -0.3 is 0 Å². The fourth-order valence-electron chi connectivity index (χ4n) is 0.423. The molecule has 1 aliphatic rings. The van der Waals surface area contributed by atoms with E-state index in [4.69, 9.17) is 0 Å². The first-order chi connectivity index (χ1) is 3.21. The third kappa shape index (κ3) is 1.42. The predicted octanol–water partition coefficient (Wildman–Crippen LogP) is 2.60. The Bertz CT molecular complexity index is 108. The molecule has 0 atom stereocenters. The number of halogens is 2. The van der Waals surface area contributed by atoms with Crippen LogP contribution in [-0.4, -0.2) is 3.23 Å². The molecule has 38 valence electrons. The van der Waals surface area contributed by atoms with Crippen LogP contribution in [0, 0.1) is 0 Å². The van der Waals surface area contributed by atoms with Crippen LogP contribution in [-0.2, 0) is 0 Å². The van der Waals surface area contributed by atoms with Gasteiger partial charge in [-0.3, -0.25) is 0 Å². The van der Waals surface area contributed by atoms with E-state index in [1.807, 2.05) is 24.3 Å². The van der Waals surface area contributed by atoms with Crippen LogP contribution in [0.3, 0.4) is 0 Å². The third-order valence-electron chi connectivity index (χ3n) is 0.748. The van der Waals surface area contributed by atoms with Crippen LogP contribution in [0.1, 0.15) is 0 Å². The van der Waals surface area contributed by atoms with Crippen molar-refractivity contribution >= 4 is 31.9 Å². The fraction of sp³-hybridized carbons (Fsp3) is 0.200. The van der Waals surface area contributed by atoms with E-state index in [1.54, 1.807) is 0 Å². The van der Waals surface area contributed by atoms with E-state index in [1.165, 1.54) is 0 Å². The molecule has 7 heavy (non-hydrogen) atoms. The minimum atomic E-state index is -0.0417. The molecule has 0 saturated carbocycles. The summed E-state index contributed by atoms with van der Waals surface area (Å²) in [5, 5.41) is 0. The van der Waals surface area contributed by atoms with Crippen molar-refractivity contribution in [1.29, 1.82) is 0 Å². The van der Waals surface area contributed by atoms with Gasteiger partial charge in [0.15, 0.2) is 0 Å². The Morgan fingerprint density at radius 2 is 1.43 bits per heavy atom. The van der Waals surface area contributed by atoms with Gasteiger partial charge in [0.05, 0.1) is 0 Å². The van der Waals surface area contributed by atoms with E-state index >= 15 is 0 Å². The summed E-state index contributed by atoms with van der Waals surface area (Å²) in [6.45, 7) is 0. The summed E-state index contributed by atoms with van der Waals surface area (Å²) in [5.74, 6) is 0. The average Bonchev–Trinajstić information content (AvgIpc) is 1.84. The molecular weight excluding hydrogens is 220 g/mol. The topological polar surface area (TPSA) is 0 Å². The molecular formula is C5H4Br2. The Morgan fingerprint density at radius 1 is 1.00 bits per heavy atom. The molecule has 0 aromatic heterocycles. The van der Waals surface area contributed by atoms with E-state index in [2.05, 4.69) is 31.9 Å². The Labute approximate surface area is 59.5 Å². The van der Waals surface area contributed by atoms with Crippen LogP contribution in [0.15, 0.2) is 24.3 Å². The van der Waals surface area contributed by atoms with Crippen LogP contribution < -0.4 is 0 Å². The first-order valence-electron chi connectivity index (χ1n) is 1.96. The lowest BCUT2D eigenvalue weighted by Gasteiger charge is -2.02. The highest BCUT2D eigenvalue weighted by Crippen LogP contribution is 2.32. The minimum Gasteiger partial charge on any atom is -0.0639 e. The molecule has 1 rings (SSSR count). The second-order valence-electron chi connectivity index (χ2n) is 1.39. The molecule has 0 fully saturated rings. The number of rotatable bonds is 0. The molecule has 1 aliphatic carbocycles. The molecule has 0 aliphatic heterocycles. The van der Waals surface area contributed by atoms with Crippen molar-refractivity contribution in [2.24, 2.45) is 0 Å². The lowest BCUT2D eigenvalue weighted by atomic mass is 10.5. The van der Waals surface area contributed by atoms with Crippen LogP contribution in [0.25, 0.3) is 0 Å². The van der Waals surface area contributed by atoms with E-state index in [9.17, 15) is 0 Å². The van der Waals surface area contributed by atoms with Crippen LogP contribution in [0.2, 0.25) is 0 Å². The highest BCUT2D eigenvalue weighted by atomic mass is 79.9. The molecule has 0 heterocycles. The molecule has 0 nitrogen and oxygen atoms in total. The zero-order valence-electron chi connectivity index (χ0n) is 3.57. The van der Waals surface area contributed by atoms with Gasteiger partial charge in [-0.05, 0) is 0 Å². The first kappa shape index (κ1) is 5.57. The van der Waals surface area contributed by atoms with Gasteiger partial charge in [-0.2, -0.15) is 0 Å². The largest absolute Gasteiger partial charge is 0.117 e. The zero-order valence-corrected chi connectivity index (χ0v) is 6.74. The third-order valence-corrected chi connectivity index (χ3v) is 1.81. The Kier molecular flexibility index (Phi) is 1.39. The molecule has 0 bridgehead atoms. The second kappa shape index (κ2) is 1.75. The standard InChI is InChI=1S/C5H4Br2/c6-5(7)3-1-2-4-5/h1-4H. The Morgan fingerprint density at radius 3 is 1.57 bits per heavy atom. The van der Waals surface area contributed by atoms with E-state index < -0.39 is 0 Å². The molecule has 0 N–H and O–H groups in total. The maximum Gasteiger partial charge on any atom is 0.117 e. The van der Waals surface area contributed by atoms with Crippen molar-refractivity contribution in [2.75, 3.05) is 0 Å². The summed E-state index contributed by atoms with van der Waals surface area (Å²) in [5.41, 5.74) is 0. The number of allylic oxidation sites excluding steroid dienone is 4.